The Morgan fingerprint density at radius 1 is 1.03 bits per heavy atom. The number of aromatic amines is 2. The highest BCUT2D eigenvalue weighted by Crippen LogP contribution is 2.34. The molecule has 3 N–H and O–H groups in total. The number of rotatable bonds is 6. The number of hydrogen-bond donors (Lipinski definition) is 3. The van der Waals surface area contributed by atoms with Crippen molar-refractivity contribution < 1.29 is 0 Å². The smallest absolute Gasteiger partial charge is 0.180 e. The van der Waals surface area contributed by atoms with Crippen LogP contribution < -0.4 is 10.2 Å². The molecule has 1 saturated heterocycles. The van der Waals surface area contributed by atoms with Gasteiger partial charge in [-0.1, -0.05) is 25.5 Å². The van der Waals surface area contributed by atoms with Gasteiger partial charge in [0.05, 0.1) is 23.1 Å². The fraction of sp³-hybridized carbons (Fsp3) is 0.333. The second-order valence-electron chi connectivity index (χ2n) is 10.8. The van der Waals surface area contributed by atoms with Crippen LogP contribution in [-0.2, 0) is 0 Å². The van der Waals surface area contributed by atoms with E-state index in [-0.39, 0.29) is 0 Å². The van der Waals surface area contributed by atoms with E-state index in [1.807, 2.05) is 18.6 Å². The molecule has 4 aromatic heterocycles. The second-order valence-corrected chi connectivity index (χ2v) is 10.8. The summed E-state index contributed by atoms with van der Waals surface area (Å²) in [7, 11) is 2.17. The Kier molecular flexibility index (Phi) is 6.00. The van der Waals surface area contributed by atoms with Crippen LogP contribution in [-0.4, -0.2) is 68.3 Å². The van der Waals surface area contributed by atoms with E-state index in [1.165, 1.54) is 25.7 Å². The number of benzene rings is 1. The molecule has 5 heterocycles. The molecule has 1 aromatic carbocycles. The summed E-state index contributed by atoms with van der Waals surface area (Å²) in [5.41, 5.74) is 8.71. The first-order chi connectivity index (χ1) is 19.1. The van der Waals surface area contributed by atoms with Crippen LogP contribution in [0.2, 0.25) is 0 Å². The van der Waals surface area contributed by atoms with Gasteiger partial charge < -0.3 is 20.1 Å². The molecule has 1 saturated carbocycles. The second kappa shape index (κ2) is 9.81. The van der Waals surface area contributed by atoms with Gasteiger partial charge in [-0.05, 0) is 55.6 Å². The Hall–Kier alpha value is -4.24. The lowest BCUT2D eigenvalue weighted by molar-refractivity contribution is 0.313. The van der Waals surface area contributed by atoms with Crippen molar-refractivity contribution in [3.63, 3.8) is 0 Å². The van der Waals surface area contributed by atoms with Gasteiger partial charge in [-0.2, -0.15) is 5.10 Å². The molecule has 9 heteroatoms. The van der Waals surface area contributed by atoms with E-state index >= 15 is 0 Å². The quantitative estimate of drug-likeness (QED) is 0.275. The summed E-state index contributed by atoms with van der Waals surface area (Å²) >= 11 is 0. The van der Waals surface area contributed by atoms with Gasteiger partial charge in [0.2, 0.25) is 0 Å². The van der Waals surface area contributed by atoms with E-state index in [0.717, 1.165) is 76.5 Å². The number of aromatic nitrogens is 6. The highest BCUT2D eigenvalue weighted by Gasteiger charge is 2.21. The lowest BCUT2D eigenvalue weighted by Crippen LogP contribution is -2.44. The first kappa shape index (κ1) is 23.8. The third-order valence-corrected chi connectivity index (χ3v) is 8.23. The average Bonchev–Trinajstić information content (AvgIpc) is 3.73. The number of fused-ring (bicyclic) bond motifs is 2. The first-order valence-corrected chi connectivity index (χ1v) is 13.8. The van der Waals surface area contributed by atoms with Crippen LogP contribution in [0.4, 0.5) is 11.4 Å². The van der Waals surface area contributed by atoms with Crippen molar-refractivity contribution in [1.82, 2.24) is 35.0 Å². The molecule has 2 aliphatic rings. The van der Waals surface area contributed by atoms with E-state index in [0.29, 0.717) is 17.4 Å². The molecule has 1 aliphatic heterocycles. The SMILES string of the molecule is C=C(Nc1cncc(-c2ccc3[nH]nc(-c4nc5nccc(N6CCN(C)CC6)c5[nH]4)c3c2)c1)C1CCCC1. The third-order valence-electron chi connectivity index (χ3n) is 8.23. The van der Waals surface area contributed by atoms with Gasteiger partial charge in [0.25, 0.3) is 0 Å². The molecule has 5 aromatic rings. The van der Waals surface area contributed by atoms with E-state index in [1.54, 1.807) is 0 Å². The lowest BCUT2D eigenvalue weighted by atomic mass is 10.0. The number of imidazole rings is 1. The van der Waals surface area contributed by atoms with Gasteiger partial charge >= 0.3 is 0 Å². The molecule has 198 valence electrons. The average molecular weight is 520 g/mol. The summed E-state index contributed by atoms with van der Waals surface area (Å²) in [6, 6.07) is 10.5. The van der Waals surface area contributed by atoms with Gasteiger partial charge in [-0.25, -0.2) is 9.97 Å². The maximum Gasteiger partial charge on any atom is 0.180 e. The van der Waals surface area contributed by atoms with Gasteiger partial charge in [0.1, 0.15) is 11.2 Å². The molecule has 0 unspecified atom stereocenters. The third kappa shape index (κ3) is 4.52. The molecule has 7 rings (SSSR count). The maximum absolute atomic E-state index is 4.84. The number of piperazine rings is 1. The summed E-state index contributed by atoms with van der Waals surface area (Å²) in [5.74, 6) is 1.26. The summed E-state index contributed by atoms with van der Waals surface area (Å²) in [5, 5.41) is 12.3. The minimum absolute atomic E-state index is 0.550. The molecular formula is C30H33N9. The molecule has 1 aliphatic carbocycles. The molecule has 39 heavy (non-hydrogen) atoms. The number of H-pyrrole nitrogens is 2. The highest BCUT2D eigenvalue weighted by molar-refractivity contribution is 5.96. The number of allylic oxidation sites excluding steroid dienone is 1. The summed E-state index contributed by atoms with van der Waals surface area (Å²) in [6.07, 6.45) is 10.6. The maximum atomic E-state index is 4.84. The van der Waals surface area contributed by atoms with Crippen LogP contribution in [0, 0.1) is 5.92 Å². The standard InChI is InChI=1S/C30H33N9/c1-19(20-5-3-4-6-20)33-23-15-22(17-31-18-23)21-7-8-25-24(16-21)27(37-36-25)30-34-28-26(9-10-32-29(28)35-30)39-13-11-38(2)12-14-39/h7-10,15-18,20,33H,1,3-6,11-14H2,2H3,(H,36,37)(H,32,34,35). The molecule has 0 spiro atoms. The molecule has 0 atom stereocenters. The summed E-state index contributed by atoms with van der Waals surface area (Å²) < 4.78 is 0. The van der Waals surface area contributed by atoms with Crippen molar-refractivity contribution in [3.8, 4) is 22.6 Å². The van der Waals surface area contributed by atoms with Crippen molar-refractivity contribution >= 4 is 33.4 Å². The van der Waals surface area contributed by atoms with E-state index in [2.05, 4.69) is 84.2 Å². The van der Waals surface area contributed by atoms with E-state index in [9.17, 15) is 0 Å². The van der Waals surface area contributed by atoms with Crippen LogP contribution in [0.25, 0.3) is 44.7 Å². The minimum atomic E-state index is 0.550. The number of pyridine rings is 2. The predicted molar refractivity (Wildman–Crippen MR) is 157 cm³/mol. The lowest BCUT2D eigenvalue weighted by Gasteiger charge is -2.34. The van der Waals surface area contributed by atoms with E-state index < -0.39 is 0 Å². The topological polar surface area (TPSA) is 102 Å². The van der Waals surface area contributed by atoms with Crippen molar-refractivity contribution in [2.24, 2.45) is 5.92 Å². The van der Waals surface area contributed by atoms with Crippen molar-refractivity contribution in [1.29, 1.82) is 0 Å². The predicted octanol–water partition coefficient (Wildman–Crippen LogP) is 5.43. The number of likely N-dealkylation sites (N-methyl/N-ethyl adjacent to an activating group) is 1. The van der Waals surface area contributed by atoms with Crippen LogP contribution in [0.1, 0.15) is 25.7 Å². The Morgan fingerprint density at radius 2 is 1.87 bits per heavy atom. The van der Waals surface area contributed by atoms with Crippen molar-refractivity contribution in [2.75, 3.05) is 43.4 Å². The minimum Gasteiger partial charge on any atom is -0.367 e. The fourth-order valence-electron chi connectivity index (χ4n) is 5.92. The zero-order chi connectivity index (χ0) is 26.3. The molecule has 9 nitrogen and oxygen atoms in total. The Morgan fingerprint density at radius 3 is 2.72 bits per heavy atom. The van der Waals surface area contributed by atoms with Gasteiger partial charge in [0, 0.05) is 55.2 Å². The van der Waals surface area contributed by atoms with Gasteiger partial charge in [-0.3, -0.25) is 10.1 Å². The Labute approximate surface area is 227 Å². The monoisotopic (exact) mass is 519 g/mol. The largest absolute Gasteiger partial charge is 0.367 e. The number of nitrogens with zero attached hydrogens (tertiary/aromatic N) is 6. The molecule has 2 fully saturated rings. The normalized spacial score (nSPS) is 16.9. The zero-order valence-electron chi connectivity index (χ0n) is 22.2. The van der Waals surface area contributed by atoms with Crippen LogP contribution in [0.5, 0.6) is 0 Å². The Balaban J connectivity index is 1.21. The first-order valence-electron chi connectivity index (χ1n) is 13.8. The molecule has 0 radical (unpaired) electrons. The Bertz CT molecular complexity index is 1650. The summed E-state index contributed by atoms with van der Waals surface area (Å²) in [4.78, 5) is 22.2. The van der Waals surface area contributed by atoms with Crippen LogP contribution in [0.3, 0.4) is 0 Å². The van der Waals surface area contributed by atoms with Crippen molar-refractivity contribution in [2.45, 2.75) is 25.7 Å². The molecule has 0 bridgehead atoms. The number of hydrogen-bond acceptors (Lipinski definition) is 7. The number of anilines is 2. The van der Waals surface area contributed by atoms with Crippen molar-refractivity contribution in [3.05, 3.63) is 61.2 Å². The van der Waals surface area contributed by atoms with Crippen LogP contribution >= 0.6 is 0 Å². The van der Waals surface area contributed by atoms with Gasteiger partial charge in [0.15, 0.2) is 11.5 Å². The van der Waals surface area contributed by atoms with Crippen LogP contribution in [0.15, 0.2) is 61.2 Å². The zero-order valence-corrected chi connectivity index (χ0v) is 22.2. The summed E-state index contributed by atoms with van der Waals surface area (Å²) in [6.45, 7) is 8.34. The number of nitrogens with one attached hydrogen (secondary N) is 3. The van der Waals surface area contributed by atoms with Gasteiger partial charge in [-0.15, -0.1) is 0 Å². The fourth-order valence-corrected chi connectivity index (χ4v) is 5.92. The molecular weight excluding hydrogens is 486 g/mol. The van der Waals surface area contributed by atoms with E-state index in [4.69, 9.17) is 4.98 Å². The highest BCUT2D eigenvalue weighted by atomic mass is 15.3. The molecule has 0 amide bonds.